The quantitative estimate of drug-likeness (QED) is 0.164. The van der Waals surface area contributed by atoms with Gasteiger partial charge < -0.3 is 9.13 Å². The summed E-state index contributed by atoms with van der Waals surface area (Å²) >= 11 is 0. The van der Waals surface area contributed by atoms with Gasteiger partial charge in [0.2, 0.25) is 0 Å². The third kappa shape index (κ3) is 5.07. The van der Waals surface area contributed by atoms with Gasteiger partial charge >= 0.3 is 0 Å². The van der Waals surface area contributed by atoms with Crippen LogP contribution >= 0.6 is 0 Å². The summed E-state index contributed by atoms with van der Waals surface area (Å²) in [5.41, 5.74) is 13.5. The van der Waals surface area contributed by atoms with Crippen molar-refractivity contribution >= 4 is 43.6 Å². The highest BCUT2D eigenvalue weighted by Gasteiger charge is 2.31. The maximum absolute atomic E-state index is 2.47. The molecule has 0 N–H and O–H groups in total. The molecule has 0 spiro atoms. The van der Waals surface area contributed by atoms with Crippen LogP contribution in [-0.4, -0.2) is 13.7 Å². The molecule has 0 saturated carbocycles. The molecule has 0 atom stereocenters. The highest BCUT2D eigenvalue weighted by atomic mass is 15.2. The van der Waals surface area contributed by atoms with Crippen molar-refractivity contribution in [1.29, 1.82) is 0 Å². The van der Waals surface area contributed by atoms with Crippen molar-refractivity contribution in [3.63, 3.8) is 0 Å². The van der Waals surface area contributed by atoms with Gasteiger partial charge in [0.05, 0.1) is 11.0 Å². The van der Waals surface area contributed by atoms with Gasteiger partial charge in [-0.2, -0.15) is 9.13 Å². The Kier molecular flexibility index (Phi) is 7.36. The van der Waals surface area contributed by atoms with Crippen LogP contribution in [0.15, 0.2) is 140 Å². The molecule has 4 heteroatoms. The van der Waals surface area contributed by atoms with E-state index in [1.54, 1.807) is 0 Å². The molecular weight excluding hydrogens is 645 g/mol. The van der Waals surface area contributed by atoms with Gasteiger partial charge in [0.25, 0.3) is 5.82 Å². The highest BCUT2D eigenvalue weighted by Crippen LogP contribution is 2.43. The molecule has 0 bridgehead atoms. The molecule has 6 aromatic carbocycles. The lowest BCUT2D eigenvalue weighted by Gasteiger charge is -2.27. The first-order valence-electron chi connectivity index (χ1n) is 18.8. The third-order valence-electron chi connectivity index (χ3n) is 11.2. The Labute approximate surface area is 312 Å². The van der Waals surface area contributed by atoms with E-state index >= 15 is 0 Å². The number of fused-ring (bicyclic) bond motifs is 6. The summed E-state index contributed by atoms with van der Waals surface area (Å²) in [5.74, 6) is 1.14. The van der Waals surface area contributed by atoms with Crippen molar-refractivity contribution in [3.8, 4) is 22.7 Å². The van der Waals surface area contributed by atoms with E-state index in [0.717, 1.165) is 22.9 Å². The summed E-state index contributed by atoms with van der Waals surface area (Å²) < 4.78 is 9.80. The van der Waals surface area contributed by atoms with Gasteiger partial charge in [0.15, 0.2) is 5.69 Å². The predicted octanol–water partition coefficient (Wildman–Crippen LogP) is 12.2. The number of nitrogens with zero attached hydrogens (tertiary/aromatic N) is 4. The van der Waals surface area contributed by atoms with Crippen molar-refractivity contribution in [2.45, 2.75) is 66.2 Å². The second-order valence-corrected chi connectivity index (χ2v) is 16.6. The smallest absolute Gasteiger partial charge is 0.263 e. The van der Waals surface area contributed by atoms with Crippen molar-refractivity contribution < 1.29 is 4.57 Å². The fourth-order valence-electron chi connectivity index (χ4n) is 8.58. The van der Waals surface area contributed by atoms with Gasteiger partial charge in [-0.05, 0) is 83.0 Å². The summed E-state index contributed by atoms with van der Waals surface area (Å²) in [6.45, 7) is 18.5. The first-order chi connectivity index (χ1) is 25.4. The second kappa shape index (κ2) is 11.8. The Bertz CT molecular complexity index is 2720. The lowest BCUT2D eigenvalue weighted by Crippen LogP contribution is -2.34. The average Bonchev–Trinajstić information content (AvgIpc) is 3.80. The third-order valence-corrected chi connectivity index (χ3v) is 11.2. The van der Waals surface area contributed by atoms with Crippen LogP contribution in [-0.2, 0) is 10.8 Å². The summed E-state index contributed by atoms with van der Waals surface area (Å²) in [6, 6.07) is 46.7. The number of para-hydroxylation sites is 4. The maximum atomic E-state index is 2.47. The Morgan fingerprint density at radius 3 is 1.49 bits per heavy atom. The molecule has 0 saturated heterocycles. The molecule has 0 amide bonds. The van der Waals surface area contributed by atoms with Crippen molar-refractivity contribution in [1.82, 2.24) is 13.7 Å². The Morgan fingerprint density at radius 2 is 1.00 bits per heavy atom. The zero-order valence-electron chi connectivity index (χ0n) is 32.1. The zero-order chi connectivity index (χ0) is 36.8. The first-order valence-corrected chi connectivity index (χ1v) is 18.8. The molecule has 9 aromatic rings. The van der Waals surface area contributed by atoms with Crippen LogP contribution in [0.2, 0.25) is 0 Å². The molecule has 9 rings (SSSR count). The van der Waals surface area contributed by atoms with E-state index < -0.39 is 0 Å². The number of rotatable bonds is 4. The zero-order valence-corrected chi connectivity index (χ0v) is 32.1. The Hall–Kier alpha value is -5.87. The van der Waals surface area contributed by atoms with Gasteiger partial charge in [-0.3, -0.25) is 0 Å². The number of aromatic nitrogens is 4. The number of hydrogen-bond acceptors (Lipinski definition) is 0. The molecule has 3 aromatic heterocycles. The van der Waals surface area contributed by atoms with Gasteiger partial charge in [-0.1, -0.05) is 120 Å². The molecule has 0 fully saturated rings. The van der Waals surface area contributed by atoms with Gasteiger partial charge in [-0.25, -0.2) is 0 Å². The van der Waals surface area contributed by atoms with E-state index in [4.69, 9.17) is 0 Å². The number of imidazole rings is 1. The molecule has 262 valence electrons. The molecule has 0 unspecified atom stereocenters. The summed E-state index contributed by atoms with van der Waals surface area (Å²) in [5, 5.41) is 4.96. The lowest BCUT2D eigenvalue weighted by molar-refractivity contribution is -0.599. The first kappa shape index (κ1) is 33.0. The normalized spacial score (nSPS) is 12.5. The van der Waals surface area contributed by atoms with Crippen molar-refractivity contribution in [2.75, 3.05) is 0 Å². The molecule has 0 aliphatic rings. The summed E-state index contributed by atoms with van der Waals surface area (Å²) in [7, 11) is 0. The Balaban J connectivity index is 1.49. The molecule has 0 aliphatic heterocycles. The van der Waals surface area contributed by atoms with E-state index in [1.165, 1.54) is 66.0 Å². The average molecular weight is 692 g/mol. The lowest BCUT2D eigenvalue weighted by atomic mass is 9.78. The van der Waals surface area contributed by atoms with E-state index in [2.05, 4.69) is 213 Å². The van der Waals surface area contributed by atoms with Crippen LogP contribution in [0.4, 0.5) is 0 Å². The summed E-state index contributed by atoms with van der Waals surface area (Å²) in [6.07, 6.45) is 4.55. The Morgan fingerprint density at radius 1 is 0.509 bits per heavy atom. The molecule has 0 radical (unpaired) electrons. The number of hydrogen-bond donors (Lipinski definition) is 0. The van der Waals surface area contributed by atoms with Crippen molar-refractivity contribution in [3.05, 3.63) is 162 Å². The van der Waals surface area contributed by atoms with Crippen LogP contribution in [0, 0.1) is 13.8 Å². The van der Waals surface area contributed by atoms with Gasteiger partial charge in [0.1, 0.15) is 29.1 Å². The van der Waals surface area contributed by atoms with Crippen LogP contribution in [0.5, 0.6) is 0 Å². The minimum Gasteiger partial charge on any atom is -0.305 e. The predicted molar refractivity (Wildman–Crippen MR) is 223 cm³/mol. The fourth-order valence-corrected chi connectivity index (χ4v) is 8.58. The SMILES string of the molecule is Cc1c(-n2cc[n+](-c3c4c(cc5c6ccccc6n(-c6ccccc6)c35)c3ccccc3n4-c3ccccc3)c2C)cc(C(C)(C)C)cc1C(C)(C)C. The largest absolute Gasteiger partial charge is 0.305 e. The second-order valence-electron chi connectivity index (χ2n) is 16.6. The monoisotopic (exact) mass is 691 g/mol. The van der Waals surface area contributed by atoms with E-state index in [1.807, 2.05) is 0 Å². The van der Waals surface area contributed by atoms with Crippen LogP contribution in [0.3, 0.4) is 0 Å². The minimum atomic E-state index is 0.00211. The van der Waals surface area contributed by atoms with Crippen LogP contribution < -0.4 is 4.57 Å². The molecule has 53 heavy (non-hydrogen) atoms. The summed E-state index contributed by atoms with van der Waals surface area (Å²) in [4.78, 5) is 0. The van der Waals surface area contributed by atoms with Crippen molar-refractivity contribution in [2.24, 2.45) is 0 Å². The maximum Gasteiger partial charge on any atom is 0.263 e. The fraction of sp³-hybridized carbons (Fsp3) is 0.204. The minimum absolute atomic E-state index is 0.00211. The number of benzene rings is 6. The molecule has 0 aliphatic carbocycles. The highest BCUT2D eigenvalue weighted by molar-refractivity contribution is 6.22. The van der Waals surface area contributed by atoms with E-state index in [9.17, 15) is 0 Å². The molecule has 3 heterocycles. The van der Waals surface area contributed by atoms with Crippen LogP contribution in [0.1, 0.15) is 64.1 Å². The van der Waals surface area contributed by atoms with Gasteiger partial charge in [-0.15, -0.1) is 0 Å². The standard InChI is InChI=1S/C49H47N4/c1-32-41(49(6,7)8)29-34(48(3,4)5)30-44(32)50-27-28-51(33(50)2)47-45-39(37-23-15-17-25-42(37)52(45)35-19-11-9-12-20-35)31-40-38-24-16-18-26-43(38)53(46(40)47)36-21-13-10-14-22-36/h9-31H,1-8H3/q+1. The van der Waals surface area contributed by atoms with E-state index in [-0.39, 0.29) is 10.8 Å². The van der Waals surface area contributed by atoms with Crippen LogP contribution in [0.25, 0.3) is 66.4 Å². The molecule has 4 nitrogen and oxygen atoms in total. The topological polar surface area (TPSA) is 18.7 Å². The van der Waals surface area contributed by atoms with E-state index in [0.29, 0.717) is 0 Å². The van der Waals surface area contributed by atoms with Gasteiger partial charge in [0, 0.05) is 39.8 Å². The molecular formula is C49H47N4+.